The molecule has 0 fully saturated rings. The quantitative estimate of drug-likeness (QED) is 0.556. The van der Waals surface area contributed by atoms with E-state index in [1.54, 1.807) is 0 Å². The summed E-state index contributed by atoms with van der Waals surface area (Å²) in [6, 6.07) is 3.77. The maximum atomic E-state index is 11.9. The molecule has 1 heterocycles. The van der Waals surface area contributed by atoms with Gasteiger partial charge in [-0.2, -0.15) is 0 Å². The summed E-state index contributed by atoms with van der Waals surface area (Å²) >= 11 is 1.08. The number of aromatic hydroxyl groups is 2. The van der Waals surface area contributed by atoms with Gasteiger partial charge in [-0.15, -0.1) is 5.10 Å². The van der Waals surface area contributed by atoms with E-state index >= 15 is 0 Å². The lowest BCUT2D eigenvalue weighted by molar-refractivity contribution is 0.102. The van der Waals surface area contributed by atoms with Crippen molar-refractivity contribution in [2.45, 2.75) is 5.16 Å². The lowest BCUT2D eigenvalue weighted by atomic mass is 10.1. The number of carbonyl (C=O) groups is 1. The minimum absolute atomic E-state index is 0.0243. The van der Waals surface area contributed by atoms with Crippen LogP contribution in [0.2, 0.25) is 0 Å². The smallest absolute Gasteiger partial charge is 0.343 e. The molecule has 1 aromatic carbocycles. The molecule has 8 heteroatoms. The molecule has 19 heavy (non-hydrogen) atoms. The van der Waals surface area contributed by atoms with Crippen LogP contribution in [0.1, 0.15) is 10.4 Å². The summed E-state index contributed by atoms with van der Waals surface area (Å²) in [5, 5.41) is 25.1. The van der Waals surface area contributed by atoms with Crippen molar-refractivity contribution in [3.63, 3.8) is 0 Å². The second-order valence-electron chi connectivity index (χ2n) is 3.78. The van der Waals surface area contributed by atoms with Crippen molar-refractivity contribution in [1.82, 2.24) is 14.8 Å². The molecule has 0 aliphatic heterocycles. The number of hydrogen-bond donors (Lipinski definition) is 3. The van der Waals surface area contributed by atoms with Gasteiger partial charge in [-0.1, -0.05) is 11.8 Å². The Hall–Kier alpha value is -2.22. The molecule has 7 nitrogen and oxygen atoms in total. The summed E-state index contributed by atoms with van der Waals surface area (Å²) in [5.41, 5.74) is -0.242. The molecule has 0 amide bonds. The average molecular weight is 281 g/mol. The molecule has 100 valence electrons. The topological polar surface area (TPSA) is 108 Å². The van der Waals surface area contributed by atoms with Crippen molar-refractivity contribution in [3.8, 4) is 11.5 Å². The summed E-state index contributed by atoms with van der Waals surface area (Å²) in [6.45, 7) is 0. The Balaban J connectivity index is 2.09. The molecule has 0 saturated heterocycles. The molecule has 0 radical (unpaired) electrons. The van der Waals surface area contributed by atoms with Gasteiger partial charge in [0.05, 0.1) is 11.3 Å². The van der Waals surface area contributed by atoms with Gasteiger partial charge in [0, 0.05) is 13.1 Å². The van der Waals surface area contributed by atoms with Gasteiger partial charge >= 0.3 is 5.69 Å². The van der Waals surface area contributed by atoms with E-state index in [0.717, 1.165) is 17.8 Å². The number of Topliss-reactive ketones (excluding diaryl/α,β-unsaturated/α-hetero) is 1. The van der Waals surface area contributed by atoms with Crippen LogP contribution < -0.4 is 5.69 Å². The number of phenolic OH excluding ortho intramolecular Hbond substituents is 2. The third kappa shape index (κ3) is 2.79. The Morgan fingerprint density at radius 1 is 1.47 bits per heavy atom. The monoisotopic (exact) mass is 281 g/mol. The zero-order valence-electron chi connectivity index (χ0n) is 9.95. The van der Waals surface area contributed by atoms with Crippen LogP contribution in [0.5, 0.6) is 11.5 Å². The van der Waals surface area contributed by atoms with E-state index in [1.807, 2.05) is 0 Å². The van der Waals surface area contributed by atoms with Crippen molar-refractivity contribution in [3.05, 3.63) is 34.2 Å². The van der Waals surface area contributed by atoms with Gasteiger partial charge in [0.15, 0.2) is 10.9 Å². The Labute approximate surface area is 111 Å². The van der Waals surface area contributed by atoms with Gasteiger partial charge in [0.25, 0.3) is 0 Å². The van der Waals surface area contributed by atoms with E-state index in [1.165, 1.54) is 23.7 Å². The van der Waals surface area contributed by atoms with Crippen LogP contribution in [0, 0.1) is 0 Å². The number of ketones is 1. The first-order chi connectivity index (χ1) is 8.99. The highest BCUT2D eigenvalue weighted by molar-refractivity contribution is 7.99. The highest BCUT2D eigenvalue weighted by Gasteiger charge is 2.14. The molecule has 0 bridgehead atoms. The predicted molar refractivity (Wildman–Crippen MR) is 68.7 cm³/mol. The van der Waals surface area contributed by atoms with E-state index in [0.29, 0.717) is 5.16 Å². The van der Waals surface area contributed by atoms with Crippen molar-refractivity contribution in [1.29, 1.82) is 0 Å². The molecular formula is C11H11N3O4S. The number of rotatable bonds is 4. The van der Waals surface area contributed by atoms with Gasteiger partial charge in [0.2, 0.25) is 0 Å². The van der Waals surface area contributed by atoms with Crippen LogP contribution in [0.15, 0.2) is 28.2 Å². The summed E-state index contributed by atoms with van der Waals surface area (Å²) in [7, 11) is 1.54. The zero-order chi connectivity index (χ0) is 14.0. The Kier molecular flexibility index (Phi) is 3.61. The fraction of sp³-hybridized carbons (Fsp3) is 0.182. The van der Waals surface area contributed by atoms with E-state index in [4.69, 9.17) is 5.11 Å². The maximum Gasteiger partial charge on any atom is 0.343 e. The first-order valence-corrected chi connectivity index (χ1v) is 6.27. The summed E-state index contributed by atoms with van der Waals surface area (Å²) in [4.78, 5) is 23.0. The van der Waals surface area contributed by atoms with Crippen molar-refractivity contribution in [2.24, 2.45) is 7.05 Å². The van der Waals surface area contributed by atoms with Crippen LogP contribution in [-0.4, -0.2) is 36.5 Å². The van der Waals surface area contributed by atoms with E-state index < -0.39 is 0 Å². The minimum atomic E-state index is -0.359. The molecule has 3 N–H and O–H groups in total. The Morgan fingerprint density at radius 2 is 2.21 bits per heavy atom. The summed E-state index contributed by atoms with van der Waals surface area (Å²) < 4.78 is 1.29. The average Bonchev–Trinajstić information content (AvgIpc) is 2.67. The highest BCUT2D eigenvalue weighted by atomic mass is 32.2. The van der Waals surface area contributed by atoms with Crippen LogP contribution in [0.3, 0.4) is 0 Å². The number of benzene rings is 1. The van der Waals surface area contributed by atoms with Crippen LogP contribution in [0.25, 0.3) is 0 Å². The summed E-state index contributed by atoms with van der Waals surface area (Å²) in [6.07, 6.45) is 0. The van der Waals surface area contributed by atoms with Gasteiger partial charge in [-0.25, -0.2) is 9.89 Å². The van der Waals surface area contributed by atoms with Gasteiger partial charge in [0.1, 0.15) is 11.5 Å². The fourth-order valence-corrected chi connectivity index (χ4v) is 2.23. The molecule has 2 aromatic rings. The zero-order valence-corrected chi connectivity index (χ0v) is 10.8. The number of aromatic nitrogens is 3. The van der Waals surface area contributed by atoms with Crippen LogP contribution in [-0.2, 0) is 7.05 Å². The third-order valence-corrected chi connectivity index (χ3v) is 3.48. The summed E-state index contributed by atoms with van der Waals surface area (Å²) in [5.74, 6) is -0.688. The molecule has 0 spiro atoms. The Morgan fingerprint density at radius 3 is 2.79 bits per heavy atom. The minimum Gasteiger partial charge on any atom is -0.508 e. The highest BCUT2D eigenvalue weighted by Crippen LogP contribution is 2.24. The Bertz CT molecular complexity index is 677. The van der Waals surface area contributed by atoms with Crippen molar-refractivity contribution >= 4 is 17.5 Å². The molecule has 1 aromatic heterocycles. The first-order valence-electron chi connectivity index (χ1n) is 5.28. The number of carbonyl (C=O) groups excluding carboxylic acids is 1. The second kappa shape index (κ2) is 5.19. The number of nitrogens with zero attached hydrogens (tertiary/aromatic N) is 2. The molecular weight excluding hydrogens is 270 g/mol. The number of hydrogen-bond acceptors (Lipinski definition) is 6. The number of H-pyrrole nitrogens is 1. The van der Waals surface area contributed by atoms with Gasteiger partial charge in [-0.05, 0) is 12.1 Å². The van der Waals surface area contributed by atoms with Gasteiger partial charge in [-0.3, -0.25) is 9.36 Å². The first kappa shape index (κ1) is 13.2. The lowest BCUT2D eigenvalue weighted by Gasteiger charge is -2.03. The largest absolute Gasteiger partial charge is 0.508 e. The van der Waals surface area contributed by atoms with Crippen LogP contribution in [0.4, 0.5) is 0 Å². The van der Waals surface area contributed by atoms with Crippen LogP contribution >= 0.6 is 11.8 Å². The van der Waals surface area contributed by atoms with Gasteiger partial charge < -0.3 is 10.2 Å². The van der Waals surface area contributed by atoms with Crippen molar-refractivity contribution in [2.75, 3.05) is 5.75 Å². The molecule has 2 rings (SSSR count). The molecule has 0 aliphatic carbocycles. The van der Waals surface area contributed by atoms with E-state index in [9.17, 15) is 14.7 Å². The number of thioether (sulfide) groups is 1. The molecule has 0 atom stereocenters. The maximum absolute atomic E-state index is 11.9. The molecule has 0 aliphatic rings. The standard InChI is InChI=1S/C11H11N3O4S/c1-14-10(18)12-13-11(14)19-5-9(17)7-3-2-6(15)4-8(7)16/h2-4,15-16H,5H2,1H3,(H,12,18). The number of phenols is 2. The molecule has 0 unspecified atom stereocenters. The third-order valence-electron chi connectivity index (χ3n) is 2.45. The fourth-order valence-electron chi connectivity index (χ4n) is 1.43. The SMILES string of the molecule is Cn1c(SCC(=O)c2ccc(O)cc2O)n[nH]c1=O. The second-order valence-corrected chi connectivity index (χ2v) is 4.73. The normalized spacial score (nSPS) is 10.6. The van der Waals surface area contributed by atoms with Crippen molar-refractivity contribution < 1.29 is 15.0 Å². The predicted octanol–water partition coefficient (Wildman–Crippen LogP) is 0.495. The van der Waals surface area contributed by atoms with E-state index in [-0.39, 0.29) is 34.3 Å². The number of aromatic amines is 1. The number of nitrogens with one attached hydrogen (secondary N) is 1. The lowest BCUT2D eigenvalue weighted by Crippen LogP contribution is -2.13. The van der Waals surface area contributed by atoms with E-state index in [2.05, 4.69) is 10.2 Å². The molecule has 0 saturated carbocycles.